The molecular formula is C20H22N6O. The molecule has 27 heavy (non-hydrogen) atoms. The number of ether oxygens (including phenoxy) is 1. The summed E-state index contributed by atoms with van der Waals surface area (Å²) in [5, 5.41) is 7.50. The number of hydrogen-bond donors (Lipinski definition) is 2. The number of aromatic nitrogens is 3. The first-order chi connectivity index (χ1) is 13.3. The molecule has 3 N–H and O–H groups in total. The van der Waals surface area contributed by atoms with E-state index in [0.29, 0.717) is 25.7 Å². The Morgan fingerprint density at radius 1 is 1.19 bits per heavy atom. The summed E-state index contributed by atoms with van der Waals surface area (Å²) in [5.74, 6) is 1.35. The van der Waals surface area contributed by atoms with Crippen LogP contribution in [0.1, 0.15) is 29.2 Å². The Morgan fingerprint density at radius 2 is 2.00 bits per heavy atom. The predicted molar refractivity (Wildman–Crippen MR) is 103 cm³/mol. The average Bonchev–Trinajstić information content (AvgIpc) is 3.21. The lowest BCUT2D eigenvalue weighted by atomic mass is 10.0. The number of aliphatic imine (C=N–C) groups is 1. The highest BCUT2D eigenvalue weighted by molar-refractivity contribution is 5.78. The van der Waals surface area contributed by atoms with Gasteiger partial charge in [-0.15, -0.1) is 0 Å². The van der Waals surface area contributed by atoms with Crippen LogP contribution in [0, 0.1) is 0 Å². The molecule has 1 unspecified atom stereocenters. The lowest BCUT2D eigenvalue weighted by Crippen LogP contribution is -2.37. The minimum absolute atomic E-state index is 0.115. The second-order valence-corrected chi connectivity index (χ2v) is 6.44. The molecule has 3 aromatic rings. The molecule has 7 heteroatoms. The van der Waals surface area contributed by atoms with Crippen molar-refractivity contribution in [2.24, 2.45) is 10.7 Å². The Labute approximate surface area is 157 Å². The van der Waals surface area contributed by atoms with Gasteiger partial charge in [0.15, 0.2) is 5.96 Å². The normalized spacial score (nSPS) is 16.4. The number of nitrogens with one attached hydrogen (secondary N) is 1. The molecule has 1 aromatic heterocycles. The zero-order chi connectivity index (χ0) is 18.5. The zero-order valence-corrected chi connectivity index (χ0v) is 15.0. The van der Waals surface area contributed by atoms with Crippen LogP contribution in [0.15, 0.2) is 66.2 Å². The van der Waals surface area contributed by atoms with Gasteiger partial charge in [0.05, 0.1) is 25.7 Å². The molecule has 0 radical (unpaired) electrons. The summed E-state index contributed by atoms with van der Waals surface area (Å²) in [4.78, 5) is 8.54. The van der Waals surface area contributed by atoms with Gasteiger partial charge in [-0.25, -0.2) is 14.7 Å². The number of fused-ring (bicyclic) bond motifs is 1. The minimum atomic E-state index is 0.115. The number of para-hydroxylation sites is 1. The third-order valence-electron chi connectivity index (χ3n) is 4.62. The predicted octanol–water partition coefficient (Wildman–Crippen LogP) is 2.25. The van der Waals surface area contributed by atoms with Crippen molar-refractivity contribution in [2.45, 2.75) is 25.6 Å². The highest BCUT2D eigenvalue weighted by Gasteiger charge is 2.21. The third-order valence-corrected chi connectivity index (χ3v) is 4.62. The van der Waals surface area contributed by atoms with Crippen LogP contribution in [0.4, 0.5) is 0 Å². The smallest absolute Gasteiger partial charge is 0.189 e. The van der Waals surface area contributed by atoms with Gasteiger partial charge in [-0.05, 0) is 17.2 Å². The standard InChI is InChI=1S/C20H22N6O/c21-20(25-18-9-10-27-19-8-4-3-7-17(18)19)23-11-15-5-1-2-6-16(15)12-26-14-22-13-24-26/h1-8,13-14,18H,9-12H2,(H3,21,23,25). The van der Waals surface area contributed by atoms with Crippen molar-refractivity contribution in [3.8, 4) is 5.75 Å². The van der Waals surface area contributed by atoms with Crippen LogP contribution in [0.25, 0.3) is 0 Å². The minimum Gasteiger partial charge on any atom is -0.493 e. The van der Waals surface area contributed by atoms with Crippen molar-refractivity contribution in [1.82, 2.24) is 20.1 Å². The number of rotatable bonds is 5. The van der Waals surface area contributed by atoms with Gasteiger partial charge in [0.25, 0.3) is 0 Å². The maximum absolute atomic E-state index is 6.17. The van der Waals surface area contributed by atoms with Crippen LogP contribution in [0.2, 0.25) is 0 Å². The summed E-state index contributed by atoms with van der Waals surface area (Å²) >= 11 is 0. The molecule has 0 fully saturated rings. The SMILES string of the molecule is NC(=NCc1ccccc1Cn1cncn1)NC1CCOc2ccccc21. The Balaban J connectivity index is 1.45. The van der Waals surface area contributed by atoms with Crippen molar-refractivity contribution in [3.63, 3.8) is 0 Å². The molecular weight excluding hydrogens is 340 g/mol. The van der Waals surface area contributed by atoms with Gasteiger partial charge in [-0.3, -0.25) is 0 Å². The maximum atomic E-state index is 6.17. The van der Waals surface area contributed by atoms with E-state index in [2.05, 4.69) is 38.6 Å². The van der Waals surface area contributed by atoms with Crippen LogP contribution in [-0.4, -0.2) is 27.3 Å². The van der Waals surface area contributed by atoms with Gasteiger partial charge in [0.1, 0.15) is 18.4 Å². The molecule has 1 aliphatic heterocycles. The van der Waals surface area contributed by atoms with Gasteiger partial charge in [-0.1, -0.05) is 42.5 Å². The van der Waals surface area contributed by atoms with E-state index in [-0.39, 0.29) is 6.04 Å². The zero-order valence-electron chi connectivity index (χ0n) is 15.0. The molecule has 0 spiro atoms. The quantitative estimate of drug-likeness (QED) is 0.537. The summed E-state index contributed by atoms with van der Waals surface area (Å²) in [7, 11) is 0. The van der Waals surface area contributed by atoms with Crippen molar-refractivity contribution in [2.75, 3.05) is 6.61 Å². The van der Waals surface area contributed by atoms with Crippen molar-refractivity contribution in [3.05, 3.63) is 77.9 Å². The maximum Gasteiger partial charge on any atom is 0.189 e. The van der Waals surface area contributed by atoms with Crippen molar-refractivity contribution < 1.29 is 4.74 Å². The fraction of sp³-hybridized carbons (Fsp3) is 0.250. The highest BCUT2D eigenvalue weighted by Crippen LogP contribution is 2.31. The number of hydrogen-bond acceptors (Lipinski definition) is 4. The van der Waals surface area contributed by atoms with E-state index >= 15 is 0 Å². The Bertz CT molecular complexity index is 922. The van der Waals surface area contributed by atoms with Gasteiger partial charge in [0.2, 0.25) is 0 Å². The van der Waals surface area contributed by atoms with E-state index in [1.165, 1.54) is 6.33 Å². The summed E-state index contributed by atoms with van der Waals surface area (Å²) in [6.45, 7) is 1.84. The molecule has 4 rings (SSSR count). The molecule has 2 aromatic carbocycles. The fourth-order valence-electron chi connectivity index (χ4n) is 3.24. The number of nitrogens with zero attached hydrogens (tertiary/aromatic N) is 4. The van der Waals surface area contributed by atoms with Crippen molar-refractivity contribution in [1.29, 1.82) is 0 Å². The van der Waals surface area contributed by atoms with E-state index in [9.17, 15) is 0 Å². The van der Waals surface area contributed by atoms with E-state index < -0.39 is 0 Å². The second-order valence-electron chi connectivity index (χ2n) is 6.44. The summed E-state index contributed by atoms with van der Waals surface area (Å²) in [5.41, 5.74) is 9.55. The molecule has 1 atom stereocenters. The molecule has 0 saturated heterocycles. The average molecular weight is 362 g/mol. The summed E-state index contributed by atoms with van der Waals surface area (Å²) < 4.78 is 7.49. The largest absolute Gasteiger partial charge is 0.493 e. The van der Waals surface area contributed by atoms with Crippen LogP contribution >= 0.6 is 0 Å². The first-order valence-electron chi connectivity index (χ1n) is 8.97. The van der Waals surface area contributed by atoms with Gasteiger partial charge in [0, 0.05) is 12.0 Å². The van der Waals surface area contributed by atoms with Gasteiger partial charge >= 0.3 is 0 Å². The van der Waals surface area contributed by atoms with E-state index in [4.69, 9.17) is 10.5 Å². The molecule has 1 aliphatic rings. The monoisotopic (exact) mass is 362 g/mol. The Kier molecular flexibility index (Phi) is 5.00. The number of benzene rings is 2. The molecule has 0 aliphatic carbocycles. The first kappa shape index (κ1) is 17.1. The van der Waals surface area contributed by atoms with E-state index in [1.807, 2.05) is 30.3 Å². The lowest BCUT2D eigenvalue weighted by molar-refractivity contribution is 0.262. The molecule has 0 amide bonds. The molecule has 138 valence electrons. The topological polar surface area (TPSA) is 90.4 Å². The molecule has 7 nitrogen and oxygen atoms in total. The summed E-state index contributed by atoms with van der Waals surface area (Å²) in [6, 6.07) is 16.3. The second kappa shape index (κ2) is 7.90. The Hall–Kier alpha value is -3.35. The van der Waals surface area contributed by atoms with Crippen LogP contribution in [0.3, 0.4) is 0 Å². The first-order valence-corrected chi connectivity index (χ1v) is 8.97. The molecule has 2 heterocycles. The van der Waals surface area contributed by atoms with Gasteiger partial charge < -0.3 is 15.8 Å². The van der Waals surface area contributed by atoms with E-state index in [1.54, 1.807) is 11.0 Å². The summed E-state index contributed by atoms with van der Waals surface area (Å²) in [6.07, 6.45) is 4.10. The van der Waals surface area contributed by atoms with E-state index in [0.717, 1.165) is 28.9 Å². The lowest BCUT2D eigenvalue weighted by Gasteiger charge is -2.27. The van der Waals surface area contributed by atoms with Crippen LogP contribution < -0.4 is 15.8 Å². The van der Waals surface area contributed by atoms with Crippen molar-refractivity contribution >= 4 is 5.96 Å². The van der Waals surface area contributed by atoms with Crippen LogP contribution in [-0.2, 0) is 13.1 Å². The third kappa shape index (κ3) is 4.08. The van der Waals surface area contributed by atoms with Gasteiger partial charge in [-0.2, -0.15) is 5.10 Å². The number of nitrogens with two attached hydrogens (primary N) is 1. The number of guanidine groups is 1. The molecule has 0 saturated carbocycles. The Morgan fingerprint density at radius 3 is 2.85 bits per heavy atom. The van der Waals surface area contributed by atoms with Crippen LogP contribution in [0.5, 0.6) is 5.75 Å². The fourth-order valence-corrected chi connectivity index (χ4v) is 3.24. The molecule has 0 bridgehead atoms. The highest BCUT2D eigenvalue weighted by atomic mass is 16.5.